The minimum Gasteiger partial charge on any atom is -0.337 e. The van der Waals surface area contributed by atoms with Crippen LogP contribution in [0.4, 0.5) is 0 Å². The van der Waals surface area contributed by atoms with Gasteiger partial charge in [-0.05, 0) is 31.4 Å². The van der Waals surface area contributed by atoms with Crippen molar-refractivity contribution >= 4 is 5.91 Å². The van der Waals surface area contributed by atoms with Crippen LogP contribution in [-0.2, 0) is 0 Å². The molecule has 1 aliphatic heterocycles. The lowest BCUT2D eigenvalue weighted by Crippen LogP contribution is -2.39. The van der Waals surface area contributed by atoms with Crippen LogP contribution >= 0.6 is 0 Å². The number of aryl methyl sites for hydroxylation is 1. The monoisotopic (exact) mass is 347 g/mol. The van der Waals surface area contributed by atoms with Gasteiger partial charge in [-0.2, -0.15) is 5.10 Å². The Bertz CT molecular complexity index is 888. The fraction of sp³-hybridized carbons (Fsp3) is 0.300. The van der Waals surface area contributed by atoms with E-state index in [-0.39, 0.29) is 11.8 Å². The first kappa shape index (κ1) is 16.4. The van der Waals surface area contributed by atoms with Gasteiger partial charge in [0, 0.05) is 36.5 Å². The van der Waals surface area contributed by atoms with Crippen LogP contribution in [0.3, 0.4) is 0 Å². The Labute approximate surface area is 152 Å². The molecule has 1 aliphatic rings. The van der Waals surface area contributed by atoms with Crippen molar-refractivity contribution in [1.29, 1.82) is 0 Å². The zero-order valence-corrected chi connectivity index (χ0v) is 14.7. The predicted octanol–water partition coefficient (Wildman–Crippen LogP) is 3.19. The number of piperidine rings is 1. The second kappa shape index (κ2) is 7.07. The first-order valence-corrected chi connectivity index (χ1v) is 8.88. The standard InChI is InChI=1S/C20H21N5O/c1-14-4-6-15(7-5-14)17-11-23-24-19(17)16-3-2-10-25(12-16)20(26)18-8-9-21-13-22-18/h4-9,11,13,16H,2-3,10,12H2,1H3,(H,23,24). The molecule has 0 radical (unpaired) electrons. The van der Waals surface area contributed by atoms with Crippen LogP contribution in [0.1, 0.15) is 40.5 Å². The van der Waals surface area contributed by atoms with Gasteiger partial charge >= 0.3 is 0 Å². The highest BCUT2D eigenvalue weighted by molar-refractivity contribution is 5.92. The smallest absolute Gasteiger partial charge is 0.272 e. The van der Waals surface area contributed by atoms with Crippen LogP contribution in [0.2, 0.25) is 0 Å². The molecule has 3 heterocycles. The Kier molecular flexibility index (Phi) is 4.48. The maximum Gasteiger partial charge on any atom is 0.272 e. The molecule has 1 fully saturated rings. The van der Waals surface area contributed by atoms with Crippen molar-refractivity contribution in [3.8, 4) is 11.1 Å². The highest BCUT2D eigenvalue weighted by atomic mass is 16.2. The summed E-state index contributed by atoms with van der Waals surface area (Å²) in [5.41, 5.74) is 5.06. The molecule has 1 N–H and O–H groups in total. The van der Waals surface area contributed by atoms with Gasteiger partial charge in [0.1, 0.15) is 12.0 Å². The van der Waals surface area contributed by atoms with E-state index in [0.717, 1.165) is 36.2 Å². The molecule has 6 nitrogen and oxygen atoms in total. The van der Waals surface area contributed by atoms with Gasteiger partial charge < -0.3 is 4.90 Å². The number of aromatic nitrogens is 4. The first-order valence-electron chi connectivity index (χ1n) is 8.88. The summed E-state index contributed by atoms with van der Waals surface area (Å²) in [6, 6.07) is 10.1. The molecular formula is C20H21N5O. The summed E-state index contributed by atoms with van der Waals surface area (Å²) < 4.78 is 0. The number of carbonyl (C=O) groups is 1. The third kappa shape index (κ3) is 3.22. The molecule has 1 aromatic carbocycles. The highest BCUT2D eigenvalue weighted by Gasteiger charge is 2.28. The van der Waals surface area contributed by atoms with Crippen LogP contribution in [-0.4, -0.2) is 44.1 Å². The minimum atomic E-state index is -0.0338. The Morgan fingerprint density at radius 1 is 1.23 bits per heavy atom. The molecule has 1 unspecified atom stereocenters. The zero-order chi connectivity index (χ0) is 17.9. The molecule has 132 valence electrons. The first-order chi connectivity index (χ1) is 12.7. The van der Waals surface area contributed by atoms with Crippen LogP contribution in [0, 0.1) is 6.92 Å². The van der Waals surface area contributed by atoms with Crippen LogP contribution in [0.5, 0.6) is 0 Å². The van der Waals surface area contributed by atoms with Gasteiger partial charge in [-0.1, -0.05) is 29.8 Å². The van der Waals surface area contributed by atoms with Crippen molar-refractivity contribution in [3.05, 3.63) is 66.0 Å². The number of H-pyrrole nitrogens is 1. The molecule has 4 rings (SSSR count). The van der Waals surface area contributed by atoms with Crippen LogP contribution < -0.4 is 0 Å². The van der Waals surface area contributed by atoms with Crippen molar-refractivity contribution in [2.75, 3.05) is 13.1 Å². The summed E-state index contributed by atoms with van der Waals surface area (Å²) in [7, 11) is 0. The fourth-order valence-corrected chi connectivity index (χ4v) is 3.55. The SMILES string of the molecule is Cc1ccc(-c2cn[nH]c2C2CCCN(C(=O)c3ccncn3)C2)cc1. The molecule has 1 atom stereocenters. The minimum absolute atomic E-state index is 0.0338. The van der Waals surface area contributed by atoms with E-state index < -0.39 is 0 Å². The lowest BCUT2D eigenvalue weighted by atomic mass is 9.90. The van der Waals surface area contributed by atoms with Crippen molar-refractivity contribution in [3.63, 3.8) is 0 Å². The fourth-order valence-electron chi connectivity index (χ4n) is 3.55. The molecule has 26 heavy (non-hydrogen) atoms. The molecule has 0 saturated carbocycles. The highest BCUT2D eigenvalue weighted by Crippen LogP contribution is 2.33. The van der Waals surface area contributed by atoms with E-state index in [4.69, 9.17) is 0 Å². The van der Waals surface area contributed by atoms with Gasteiger partial charge in [0.05, 0.1) is 6.20 Å². The van der Waals surface area contributed by atoms with Crippen LogP contribution in [0.15, 0.2) is 49.1 Å². The Balaban J connectivity index is 1.57. The molecule has 1 saturated heterocycles. The molecule has 0 aliphatic carbocycles. The van der Waals surface area contributed by atoms with Crippen LogP contribution in [0.25, 0.3) is 11.1 Å². The Morgan fingerprint density at radius 2 is 2.08 bits per heavy atom. The van der Waals surface area contributed by atoms with E-state index in [9.17, 15) is 4.79 Å². The number of amides is 1. The quantitative estimate of drug-likeness (QED) is 0.789. The molecule has 2 aromatic heterocycles. The summed E-state index contributed by atoms with van der Waals surface area (Å²) in [6.45, 7) is 3.51. The second-order valence-electron chi connectivity index (χ2n) is 6.75. The van der Waals surface area contributed by atoms with E-state index in [2.05, 4.69) is 51.4 Å². The number of aromatic amines is 1. The lowest BCUT2D eigenvalue weighted by molar-refractivity contribution is 0.0700. The topological polar surface area (TPSA) is 74.8 Å². The molecular weight excluding hydrogens is 326 g/mol. The number of rotatable bonds is 3. The van der Waals surface area contributed by atoms with E-state index in [1.54, 1.807) is 12.3 Å². The normalized spacial score (nSPS) is 17.3. The van der Waals surface area contributed by atoms with Crippen molar-refractivity contribution in [1.82, 2.24) is 25.1 Å². The number of carbonyl (C=O) groups excluding carboxylic acids is 1. The lowest BCUT2D eigenvalue weighted by Gasteiger charge is -2.32. The zero-order valence-electron chi connectivity index (χ0n) is 14.7. The molecule has 6 heteroatoms. The third-order valence-corrected chi connectivity index (χ3v) is 4.95. The molecule has 0 spiro atoms. The van der Waals surface area contributed by atoms with Gasteiger partial charge in [-0.25, -0.2) is 9.97 Å². The summed E-state index contributed by atoms with van der Waals surface area (Å²) in [6.07, 6.45) is 6.90. The number of nitrogens with zero attached hydrogens (tertiary/aromatic N) is 4. The summed E-state index contributed by atoms with van der Waals surface area (Å²) in [4.78, 5) is 22.6. The van der Waals surface area contributed by atoms with E-state index in [0.29, 0.717) is 12.2 Å². The summed E-state index contributed by atoms with van der Waals surface area (Å²) >= 11 is 0. The van der Waals surface area contributed by atoms with Gasteiger partial charge in [-0.15, -0.1) is 0 Å². The maximum absolute atomic E-state index is 12.7. The molecule has 0 bridgehead atoms. The average molecular weight is 347 g/mol. The summed E-state index contributed by atoms with van der Waals surface area (Å²) in [5.74, 6) is 0.210. The van der Waals surface area contributed by atoms with E-state index in [1.807, 2.05) is 11.1 Å². The molecule has 3 aromatic rings. The number of nitrogens with one attached hydrogen (secondary N) is 1. The van der Waals surface area contributed by atoms with Gasteiger partial charge in [-0.3, -0.25) is 9.89 Å². The van der Waals surface area contributed by atoms with Crippen molar-refractivity contribution in [2.45, 2.75) is 25.7 Å². The van der Waals surface area contributed by atoms with Gasteiger partial charge in [0.2, 0.25) is 0 Å². The van der Waals surface area contributed by atoms with E-state index >= 15 is 0 Å². The number of likely N-dealkylation sites (tertiary alicyclic amines) is 1. The molecule has 1 amide bonds. The van der Waals surface area contributed by atoms with Crippen molar-refractivity contribution in [2.24, 2.45) is 0 Å². The number of benzene rings is 1. The van der Waals surface area contributed by atoms with Crippen molar-refractivity contribution < 1.29 is 4.79 Å². The number of hydrogen-bond donors (Lipinski definition) is 1. The van der Waals surface area contributed by atoms with Gasteiger partial charge in [0.25, 0.3) is 5.91 Å². The third-order valence-electron chi connectivity index (χ3n) is 4.95. The largest absolute Gasteiger partial charge is 0.337 e. The predicted molar refractivity (Wildman–Crippen MR) is 98.7 cm³/mol. The average Bonchev–Trinajstić information content (AvgIpc) is 3.19. The number of hydrogen-bond acceptors (Lipinski definition) is 4. The maximum atomic E-state index is 12.7. The summed E-state index contributed by atoms with van der Waals surface area (Å²) in [5, 5.41) is 7.45. The van der Waals surface area contributed by atoms with Gasteiger partial charge in [0.15, 0.2) is 0 Å². The Morgan fingerprint density at radius 3 is 2.85 bits per heavy atom. The Hall–Kier alpha value is -3.02. The van der Waals surface area contributed by atoms with E-state index in [1.165, 1.54) is 11.9 Å². The second-order valence-corrected chi connectivity index (χ2v) is 6.75.